The van der Waals surface area contributed by atoms with E-state index >= 15 is 0 Å². The standard InChI is InChI=1S/C24H29N5O/c1-27-10-6-18-3-2-17(14-21(18)27)15-28-12-8-24(9-13-28)22-20(25-16-26-22)7-11-29(24)23(30)19-4-5-19/h2-3,6,10,14,16,19H,4-5,7-9,11-13,15H2,1H3,(H,25,26). The zero-order chi connectivity index (χ0) is 20.3. The second-order valence-electron chi connectivity index (χ2n) is 9.37. The van der Waals surface area contributed by atoms with E-state index in [0.29, 0.717) is 5.91 Å². The van der Waals surface area contributed by atoms with E-state index in [-0.39, 0.29) is 11.5 Å². The molecule has 6 heteroatoms. The maximum absolute atomic E-state index is 13.1. The predicted octanol–water partition coefficient (Wildman–Crippen LogP) is 3.19. The topological polar surface area (TPSA) is 57.2 Å². The van der Waals surface area contributed by atoms with Crippen LogP contribution in [0.2, 0.25) is 0 Å². The molecule has 2 fully saturated rings. The molecule has 1 aliphatic carbocycles. The van der Waals surface area contributed by atoms with Gasteiger partial charge < -0.3 is 14.5 Å². The lowest BCUT2D eigenvalue weighted by molar-refractivity contribution is -0.143. The second-order valence-corrected chi connectivity index (χ2v) is 9.37. The van der Waals surface area contributed by atoms with Crippen LogP contribution in [-0.4, -0.2) is 49.9 Å². The molecule has 4 heterocycles. The molecule has 0 unspecified atom stereocenters. The molecule has 156 valence electrons. The summed E-state index contributed by atoms with van der Waals surface area (Å²) in [4.78, 5) is 25.9. The number of aromatic amines is 1. The van der Waals surface area contributed by atoms with E-state index in [2.05, 4.69) is 56.9 Å². The van der Waals surface area contributed by atoms with Gasteiger partial charge in [-0.05, 0) is 48.8 Å². The first-order valence-corrected chi connectivity index (χ1v) is 11.2. The number of carbonyl (C=O) groups excluding carboxylic acids is 1. The zero-order valence-corrected chi connectivity index (χ0v) is 17.6. The maximum Gasteiger partial charge on any atom is 0.226 e. The minimum Gasteiger partial charge on any atom is -0.351 e. The van der Waals surface area contributed by atoms with E-state index < -0.39 is 0 Å². The molecule has 1 saturated heterocycles. The first-order valence-electron chi connectivity index (χ1n) is 11.2. The molecule has 2 aromatic heterocycles. The lowest BCUT2D eigenvalue weighted by Gasteiger charge is -2.50. The van der Waals surface area contributed by atoms with Gasteiger partial charge in [0.15, 0.2) is 0 Å². The van der Waals surface area contributed by atoms with Crippen LogP contribution in [0.5, 0.6) is 0 Å². The minimum atomic E-state index is -0.216. The summed E-state index contributed by atoms with van der Waals surface area (Å²) in [5, 5.41) is 1.29. The number of likely N-dealkylation sites (tertiary alicyclic amines) is 1. The average molecular weight is 404 g/mol. The molecule has 3 aromatic rings. The molecule has 0 bridgehead atoms. The number of amides is 1. The fourth-order valence-electron chi connectivity index (χ4n) is 5.60. The largest absolute Gasteiger partial charge is 0.351 e. The summed E-state index contributed by atoms with van der Waals surface area (Å²) in [5.41, 5.74) is 4.79. The lowest BCUT2D eigenvalue weighted by Crippen LogP contribution is -2.58. The van der Waals surface area contributed by atoms with Gasteiger partial charge >= 0.3 is 0 Å². The Hall–Kier alpha value is -2.60. The molecule has 3 aliphatic rings. The summed E-state index contributed by atoms with van der Waals surface area (Å²) in [6, 6.07) is 8.96. The number of hydrogen-bond donors (Lipinski definition) is 1. The van der Waals surface area contributed by atoms with Gasteiger partial charge in [-0.2, -0.15) is 0 Å². The van der Waals surface area contributed by atoms with Crippen LogP contribution in [0.15, 0.2) is 36.8 Å². The van der Waals surface area contributed by atoms with Crippen molar-refractivity contribution < 1.29 is 4.79 Å². The van der Waals surface area contributed by atoms with Gasteiger partial charge in [-0.15, -0.1) is 0 Å². The summed E-state index contributed by atoms with van der Waals surface area (Å²) in [6.07, 6.45) is 8.90. The number of aryl methyl sites for hydroxylation is 1. The number of piperidine rings is 1. The molecule has 1 aromatic carbocycles. The zero-order valence-electron chi connectivity index (χ0n) is 17.6. The van der Waals surface area contributed by atoms with Crippen LogP contribution >= 0.6 is 0 Å². The van der Waals surface area contributed by atoms with Crippen molar-refractivity contribution in [3.63, 3.8) is 0 Å². The number of aromatic nitrogens is 3. The molecule has 0 radical (unpaired) electrons. The van der Waals surface area contributed by atoms with Crippen LogP contribution < -0.4 is 0 Å². The van der Waals surface area contributed by atoms with E-state index in [4.69, 9.17) is 4.98 Å². The molecule has 6 rings (SSSR count). The van der Waals surface area contributed by atoms with Crippen LogP contribution in [0.3, 0.4) is 0 Å². The van der Waals surface area contributed by atoms with Gasteiger partial charge in [-0.1, -0.05) is 12.1 Å². The smallest absolute Gasteiger partial charge is 0.226 e. The minimum absolute atomic E-state index is 0.216. The fraction of sp³-hybridized carbons (Fsp3) is 0.500. The number of nitrogens with one attached hydrogen (secondary N) is 1. The highest BCUT2D eigenvalue weighted by Crippen LogP contribution is 2.45. The molecule has 1 N–H and O–H groups in total. The van der Waals surface area contributed by atoms with Gasteiger partial charge in [-0.3, -0.25) is 9.69 Å². The number of nitrogens with zero attached hydrogens (tertiary/aromatic N) is 4. The molecule has 1 saturated carbocycles. The first kappa shape index (κ1) is 18.2. The number of hydrogen-bond acceptors (Lipinski definition) is 3. The molecule has 6 nitrogen and oxygen atoms in total. The Labute approximate surface area is 176 Å². The quantitative estimate of drug-likeness (QED) is 0.731. The Kier molecular flexibility index (Phi) is 4.07. The van der Waals surface area contributed by atoms with Crippen LogP contribution in [0, 0.1) is 5.92 Å². The summed E-state index contributed by atoms with van der Waals surface area (Å²) < 4.78 is 2.19. The Morgan fingerprint density at radius 2 is 2.03 bits per heavy atom. The van der Waals surface area contributed by atoms with E-state index in [9.17, 15) is 4.79 Å². The average Bonchev–Trinajstić information content (AvgIpc) is 3.39. The summed E-state index contributed by atoms with van der Waals surface area (Å²) >= 11 is 0. The maximum atomic E-state index is 13.1. The summed E-state index contributed by atoms with van der Waals surface area (Å²) in [6.45, 7) is 3.77. The number of imidazole rings is 1. The third-order valence-electron chi connectivity index (χ3n) is 7.50. The van der Waals surface area contributed by atoms with Gasteiger partial charge in [0.2, 0.25) is 5.91 Å². The first-order chi connectivity index (χ1) is 14.6. The van der Waals surface area contributed by atoms with Crippen molar-refractivity contribution in [2.75, 3.05) is 19.6 Å². The number of rotatable bonds is 3. The van der Waals surface area contributed by atoms with Gasteiger partial charge in [0.25, 0.3) is 0 Å². The van der Waals surface area contributed by atoms with E-state index in [1.54, 1.807) is 0 Å². The van der Waals surface area contributed by atoms with Crippen molar-refractivity contribution in [2.45, 2.75) is 44.2 Å². The monoisotopic (exact) mass is 403 g/mol. The van der Waals surface area contributed by atoms with Gasteiger partial charge in [-0.25, -0.2) is 4.98 Å². The predicted molar refractivity (Wildman–Crippen MR) is 116 cm³/mol. The summed E-state index contributed by atoms with van der Waals surface area (Å²) in [7, 11) is 2.10. The van der Waals surface area contributed by atoms with Gasteiger partial charge in [0.1, 0.15) is 0 Å². The molecule has 1 spiro atoms. The second kappa shape index (κ2) is 6.71. The number of benzene rings is 1. The molecule has 0 atom stereocenters. The molecule has 2 aliphatic heterocycles. The number of carbonyl (C=O) groups is 1. The lowest BCUT2D eigenvalue weighted by atomic mass is 9.78. The van der Waals surface area contributed by atoms with Crippen LogP contribution in [-0.2, 0) is 30.3 Å². The third kappa shape index (κ3) is 2.81. The normalized spacial score (nSPS) is 21.3. The van der Waals surface area contributed by atoms with Gasteiger partial charge in [0.05, 0.1) is 17.6 Å². The molecular weight excluding hydrogens is 374 g/mol. The van der Waals surface area contributed by atoms with Crippen molar-refractivity contribution in [3.05, 3.63) is 53.7 Å². The highest BCUT2D eigenvalue weighted by molar-refractivity contribution is 5.82. The molecular formula is C24H29N5O. The van der Waals surface area contributed by atoms with Crippen molar-refractivity contribution in [3.8, 4) is 0 Å². The van der Waals surface area contributed by atoms with Gasteiger partial charge in [0, 0.05) is 63.0 Å². The third-order valence-corrected chi connectivity index (χ3v) is 7.50. The van der Waals surface area contributed by atoms with E-state index in [1.165, 1.54) is 22.2 Å². The Bertz CT molecular complexity index is 1100. The molecule has 30 heavy (non-hydrogen) atoms. The van der Waals surface area contributed by atoms with Crippen LogP contribution in [0.4, 0.5) is 0 Å². The van der Waals surface area contributed by atoms with Crippen molar-refractivity contribution in [1.29, 1.82) is 0 Å². The van der Waals surface area contributed by atoms with Crippen molar-refractivity contribution in [1.82, 2.24) is 24.3 Å². The number of H-pyrrole nitrogens is 1. The van der Waals surface area contributed by atoms with Crippen molar-refractivity contribution in [2.24, 2.45) is 13.0 Å². The van der Waals surface area contributed by atoms with Crippen LogP contribution in [0.1, 0.15) is 42.6 Å². The fourth-order valence-corrected chi connectivity index (χ4v) is 5.60. The highest BCUT2D eigenvalue weighted by atomic mass is 16.2. The van der Waals surface area contributed by atoms with E-state index in [0.717, 1.165) is 64.0 Å². The van der Waals surface area contributed by atoms with Crippen molar-refractivity contribution >= 4 is 16.8 Å². The molecule has 1 amide bonds. The highest BCUT2D eigenvalue weighted by Gasteiger charge is 2.50. The number of fused-ring (bicyclic) bond motifs is 3. The summed E-state index contributed by atoms with van der Waals surface area (Å²) in [5.74, 6) is 0.628. The SMILES string of the molecule is Cn1ccc2ccc(CN3CCC4(CC3)c3nc[nH]c3CCN4C(=O)C3CC3)cc21. The van der Waals surface area contributed by atoms with Crippen LogP contribution in [0.25, 0.3) is 10.9 Å². The van der Waals surface area contributed by atoms with E-state index in [1.807, 2.05) is 6.33 Å². The Balaban J connectivity index is 1.23. The Morgan fingerprint density at radius 1 is 1.20 bits per heavy atom. The Morgan fingerprint density at radius 3 is 2.83 bits per heavy atom.